The first-order chi connectivity index (χ1) is 7.40. The largest absolute Gasteiger partial charge is 0.475 e. The third-order valence-electron chi connectivity index (χ3n) is 2.12. The van der Waals surface area contributed by atoms with Crippen LogP contribution < -0.4 is 0 Å². The Bertz CT molecular complexity index is 376. The minimum absolute atomic E-state index is 0.169. The van der Waals surface area contributed by atoms with Crippen molar-refractivity contribution in [1.29, 1.82) is 0 Å². The zero-order chi connectivity index (χ0) is 12.3. The number of carbonyl (C=O) groups is 1. The molecule has 4 nitrogen and oxygen atoms in total. The first-order valence-electron chi connectivity index (χ1n) is 4.69. The van der Waals surface area contributed by atoms with Gasteiger partial charge < -0.3 is 9.52 Å². The summed E-state index contributed by atoms with van der Waals surface area (Å²) in [5.41, 5.74) is 0.612. The number of nitrogens with zero attached hydrogens (tertiary/aromatic N) is 1. The van der Waals surface area contributed by atoms with Crippen molar-refractivity contribution in [3.8, 4) is 0 Å². The number of hydrogen-bond acceptors (Lipinski definition) is 3. The lowest BCUT2D eigenvalue weighted by molar-refractivity contribution is 0.0661. The Morgan fingerprint density at radius 3 is 2.69 bits per heavy atom. The normalized spacial score (nSPS) is 11.4. The quantitative estimate of drug-likeness (QED) is 0.844. The van der Waals surface area contributed by atoms with E-state index in [0.29, 0.717) is 11.3 Å². The predicted molar refractivity (Wildman–Crippen MR) is 52.7 cm³/mol. The molecular weight excluding hydrogens is 220 g/mol. The summed E-state index contributed by atoms with van der Waals surface area (Å²) in [7, 11) is 1.54. The standard InChI is InChI=1S/C10H13F2NO3/c1-6-7(3-8(16-6)10(14)15)4-13(2)5-9(11)12/h3,9H,4-5H2,1-2H3,(H,14,15). The third kappa shape index (κ3) is 3.30. The van der Waals surface area contributed by atoms with Crippen LogP contribution in [0.25, 0.3) is 0 Å². The van der Waals surface area contributed by atoms with Crippen LogP contribution in [0.3, 0.4) is 0 Å². The maximum absolute atomic E-state index is 12.1. The Morgan fingerprint density at radius 1 is 1.62 bits per heavy atom. The highest BCUT2D eigenvalue weighted by molar-refractivity contribution is 5.84. The van der Waals surface area contributed by atoms with Crippen LogP contribution in [0.2, 0.25) is 0 Å². The summed E-state index contributed by atoms with van der Waals surface area (Å²) in [6.07, 6.45) is -2.41. The van der Waals surface area contributed by atoms with Gasteiger partial charge in [-0.05, 0) is 20.0 Å². The van der Waals surface area contributed by atoms with Crippen molar-refractivity contribution in [2.75, 3.05) is 13.6 Å². The van der Waals surface area contributed by atoms with Gasteiger partial charge in [-0.3, -0.25) is 4.90 Å². The number of alkyl halides is 2. The van der Waals surface area contributed by atoms with Crippen LogP contribution in [0.4, 0.5) is 8.78 Å². The number of hydrogen-bond donors (Lipinski definition) is 1. The van der Waals surface area contributed by atoms with E-state index in [1.54, 1.807) is 14.0 Å². The number of carboxylic acid groups (broad SMARTS) is 1. The molecule has 0 unspecified atom stereocenters. The average molecular weight is 233 g/mol. The molecule has 0 saturated heterocycles. The summed E-state index contributed by atoms with van der Waals surface area (Å²) in [4.78, 5) is 12.0. The van der Waals surface area contributed by atoms with Crippen molar-refractivity contribution in [1.82, 2.24) is 4.90 Å². The second-order valence-corrected chi connectivity index (χ2v) is 3.59. The van der Waals surface area contributed by atoms with E-state index in [1.807, 2.05) is 0 Å². The molecule has 0 aromatic carbocycles. The van der Waals surface area contributed by atoms with Gasteiger partial charge in [-0.1, -0.05) is 0 Å². The molecule has 0 bridgehead atoms. The van der Waals surface area contributed by atoms with Gasteiger partial charge in [-0.2, -0.15) is 0 Å². The number of aromatic carboxylic acids is 1. The van der Waals surface area contributed by atoms with Crippen molar-refractivity contribution in [3.05, 3.63) is 23.2 Å². The molecular formula is C10H13F2NO3. The molecule has 1 heterocycles. The summed E-state index contributed by atoms with van der Waals surface area (Å²) in [6.45, 7) is 1.50. The summed E-state index contributed by atoms with van der Waals surface area (Å²) in [6, 6.07) is 1.36. The Hall–Kier alpha value is -1.43. The number of rotatable bonds is 5. The topological polar surface area (TPSA) is 53.7 Å². The van der Waals surface area contributed by atoms with E-state index >= 15 is 0 Å². The van der Waals surface area contributed by atoms with Crippen molar-refractivity contribution in [3.63, 3.8) is 0 Å². The third-order valence-corrected chi connectivity index (χ3v) is 2.12. The van der Waals surface area contributed by atoms with Gasteiger partial charge in [0.05, 0.1) is 6.54 Å². The number of carboxylic acids is 1. The number of halogens is 2. The minimum atomic E-state index is -2.41. The number of furan rings is 1. The van der Waals surface area contributed by atoms with E-state index in [1.165, 1.54) is 11.0 Å². The summed E-state index contributed by atoms with van der Waals surface area (Å²) in [5.74, 6) is -0.887. The molecule has 90 valence electrons. The average Bonchev–Trinajstić information content (AvgIpc) is 2.46. The molecule has 0 aliphatic heterocycles. The van der Waals surface area contributed by atoms with Crippen molar-refractivity contribution < 1.29 is 23.1 Å². The van der Waals surface area contributed by atoms with Crippen molar-refractivity contribution in [2.45, 2.75) is 19.9 Å². The van der Waals surface area contributed by atoms with E-state index in [0.717, 1.165) is 0 Å². The fraction of sp³-hybridized carbons (Fsp3) is 0.500. The zero-order valence-electron chi connectivity index (χ0n) is 9.04. The molecule has 0 atom stereocenters. The van der Waals surface area contributed by atoms with Gasteiger partial charge in [0.2, 0.25) is 5.76 Å². The Morgan fingerprint density at radius 2 is 2.25 bits per heavy atom. The molecule has 6 heteroatoms. The molecule has 1 aromatic heterocycles. The first kappa shape index (κ1) is 12.6. The van der Waals surface area contributed by atoms with Gasteiger partial charge in [0.15, 0.2) is 0 Å². The maximum Gasteiger partial charge on any atom is 0.371 e. The highest BCUT2D eigenvalue weighted by Gasteiger charge is 2.15. The van der Waals surface area contributed by atoms with Crippen LogP contribution in [0.1, 0.15) is 21.9 Å². The van der Waals surface area contributed by atoms with Gasteiger partial charge in [-0.25, -0.2) is 13.6 Å². The lowest BCUT2D eigenvalue weighted by atomic mass is 10.2. The first-order valence-corrected chi connectivity index (χ1v) is 4.69. The molecule has 0 saturated carbocycles. The van der Waals surface area contributed by atoms with E-state index in [2.05, 4.69) is 0 Å². The fourth-order valence-electron chi connectivity index (χ4n) is 1.37. The summed E-state index contributed by atoms with van der Waals surface area (Å²) in [5, 5.41) is 8.67. The van der Waals surface area contributed by atoms with E-state index in [9.17, 15) is 13.6 Å². The molecule has 1 rings (SSSR count). The summed E-state index contributed by atoms with van der Waals surface area (Å²) >= 11 is 0. The highest BCUT2D eigenvalue weighted by atomic mass is 19.3. The second-order valence-electron chi connectivity index (χ2n) is 3.59. The van der Waals surface area contributed by atoms with Gasteiger partial charge >= 0.3 is 5.97 Å². The van der Waals surface area contributed by atoms with Crippen LogP contribution in [-0.4, -0.2) is 36.0 Å². The van der Waals surface area contributed by atoms with Gasteiger partial charge in [-0.15, -0.1) is 0 Å². The lowest BCUT2D eigenvalue weighted by Gasteiger charge is -2.14. The van der Waals surface area contributed by atoms with Crippen molar-refractivity contribution in [2.24, 2.45) is 0 Å². The maximum atomic E-state index is 12.1. The van der Waals surface area contributed by atoms with Crippen LogP contribution in [0.15, 0.2) is 10.5 Å². The van der Waals surface area contributed by atoms with Crippen LogP contribution in [-0.2, 0) is 6.54 Å². The molecule has 0 amide bonds. The van der Waals surface area contributed by atoms with Gasteiger partial charge in [0.1, 0.15) is 5.76 Å². The van der Waals surface area contributed by atoms with E-state index < -0.39 is 12.4 Å². The van der Waals surface area contributed by atoms with Crippen molar-refractivity contribution >= 4 is 5.97 Å². The molecule has 1 N–H and O–H groups in total. The lowest BCUT2D eigenvalue weighted by Crippen LogP contribution is -2.24. The number of aryl methyl sites for hydroxylation is 1. The fourth-order valence-corrected chi connectivity index (χ4v) is 1.37. The monoisotopic (exact) mass is 233 g/mol. The minimum Gasteiger partial charge on any atom is -0.475 e. The van der Waals surface area contributed by atoms with Crippen LogP contribution in [0.5, 0.6) is 0 Å². The Labute approximate surface area is 91.5 Å². The molecule has 1 aromatic rings. The molecule has 0 radical (unpaired) electrons. The van der Waals surface area contributed by atoms with E-state index in [-0.39, 0.29) is 18.8 Å². The molecule has 16 heavy (non-hydrogen) atoms. The predicted octanol–water partition coefficient (Wildman–Crippen LogP) is 1.98. The zero-order valence-corrected chi connectivity index (χ0v) is 9.04. The molecule has 0 fully saturated rings. The van der Waals surface area contributed by atoms with Gasteiger partial charge in [0, 0.05) is 12.1 Å². The Kier molecular flexibility index (Phi) is 4.00. The Balaban J connectivity index is 2.70. The summed E-state index contributed by atoms with van der Waals surface area (Å²) < 4.78 is 29.1. The molecule has 0 spiro atoms. The molecule has 0 aliphatic rings. The highest BCUT2D eigenvalue weighted by Crippen LogP contribution is 2.16. The molecule has 0 aliphatic carbocycles. The van der Waals surface area contributed by atoms with Crippen LogP contribution in [0, 0.1) is 6.92 Å². The SMILES string of the molecule is Cc1oc(C(=O)O)cc1CN(C)CC(F)F. The smallest absolute Gasteiger partial charge is 0.371 e. The van der Waals surface area contributed by atoms with Crippen LogP contribution >= 0.6 is 0 Å². The second kappa shape index (κ2) is 5.07. The van der Waals surface area contributed by atoms with E-state index in [4.69, 9.17) is 9.52 Å². The van der Waals surface area contributed by atoms with Gasteiger partial charge in [0.25, 0.3) is 6.43 Å².